The van der Waals surface area contributed by atoms with E-state index in [9.17, 15) is 4.79 Å². The normalized spacial score (nSPS) is 9.93. The Labute approximate surface area is 89.1 Å². The lowest BCUT2D eigenvalue weighted by Gasteiger charge is -2.04. The van der Waals surface area contributed by atoms with E-state index in [1.54, 1.807) is 0 Å². The van der Waals surface area contributed by atoms with Gasteiger partial charge in [0.2, 0.25) is 0 Å². The highest BCUT2D eigenvalue weighted by Gasteiger charge is 1.97. The molecule has 0 aliphatic rings. The van der Waals surface area contributed by atoms with Crippen molar-refractivity contribution in [3.05, 3.63) is 35.4 Å². The fourth-order valence-electron chi connectivity index (χ4n) is 1.42. The van der Waals surface area contributed by atoms with Gasteiger partial charge in [-0.25, -0.2) is 4.79 Å². The molecule has 0 bridgehead atoms. The van der Waals surface area contributed by atoms with Crippen molar-refractivity contribution in [2.75, 3.05) is 13.1 Å². The van der Waals surface area contributed by atoms with Crippen LogP contribution in [0.2, 0.25) is 0 Å². The molecule has 1 rings (SSSR count). The molecule has 4 heteroatoms. The molecule has 15 heavy (non-hydrogen) atoms. The molecule has 0 aliphatic carbocycles. The van der Waals surface area contributed by atoms with Gasteiger partial charge in [-0.2, -0.15) is 0 Å². The number of hydrogen-bond donors (Lipinski definition) is 3. The fraction of sp³-hybridized carbons (Fsp3) is 0.364. The van der Waals surface area contributed by atoms with Crippen molar-refractivity contribution < 1.29 is 9.90 Å². The Morgan fingerprint density at radius 1 is 1.33 bits per heavy atom. The molecule has 4 N–H and O–H groups in total. The average Bonchev–Trinajstić information content (AvgIpc) is 2.18. The van der Waals surface area contributed by atoms with Crippen LogP contribution >= 0.6 is 0 Å². The number of hydrogen-bond acceptors (Lipinski definition) is 2. The van der Waals surface area contributed by atoms with Crippen LogP contribution in [0.3, 0.4) is 0 Å². The summed E-state index contributed by atoms with van der Waals surface area (Å²) in [5.41, 5.74) is 7.79. The molecule has 0 radical (unpaired) electrons. The van der Waals surface area contributed by atoms with Gasteiger partial charge >= 0.3 is 6.09 Å². The first-order valence-electron chi connectivity index (χ1n) is 4.97. The van der Waals surface area contributed by atoms with Crippen LogP contribution in [0.1, 0.15) is 11.1 Å². The Balaban J connectivity index is 2.46. The summed E-state index contributed by atoms with van der Waals surface area (Å²) >= 11 is 0. The van der Waals surface area contributed by atoms with E-state index in [4.69, 9.17) is 10.8 Å². The van der Waals surface area contributed by atoms with Crippen molar-refractivity contribution in [3.8, 4) is 0 Å². The summed E-state index contributed by atoms with van der Waals surface area (Å²) in [4.78, 5) is 10.2. The zero-order valence-corrected chi connectivity index (χ0v) is 8.57. The van der Waals surface area contributed by atoms with Crippen molar-refractivity contribution in [2.24, 2.45) is 5.73 Å². The second-order valence-electron chi connectivity index (χ2n) is 3.34. The number of nitrogens with one attached hydrogen (secondary N) is 1. The summed E-state index contributed by atoms with van der Waals surface area (Å²) in [6.07, 6.45) is 0.596. The summed E-state index contributed by atoms with van der Waals surface area (Å²) in [5.74, 6) is 0. The van der Waals surface area contributed by atoms with Gasteiger partial charge in [-0.3, -0.25) is 0 Å². The van der Waals surface area contributed by atoms with E-state index in [1.807, 2.05) is 18.2 Å². The van der Waals surface area contributed by atoms with Crippen LogP contribution in [-0.2, 0) is 12.8 Å². The Hall–Kier alpha value is -1.55. The standard InChI is InChI=1S/C11H16N2O2/c12-6-4-9-2-1-3-10(8-9)5-7-13-11(14)15/h1-3,8,13H,4-7,12H2,(H,14,15). The van der Waals surface area contributed by atoms with E-state index in [0.717, 1.165) is 12.0 Å². The predicted octanol–water partition coefficient (Wildman–Crippen LogP) is 0.998. The number of carboxylic acid groups (broad SMARTS) is 1. The molecular formula is C11H16N2O2. The third-order valence-corrected chi connectivity index (χ3v) is 2.11. The minimum absolute atomic E-state index is 0.446. The van der Waals surface area contributed by atoms with E-state index < -0.39 is 6.09 Å². The third kappa shape index (κ3) is 4.46. The fourth-order valence-corrected chi connectivity index (χ4v) is 1.42. The molecule has 0 saturated heterocycles. The molecule has 1 aromatic rings. The zero-order valence-electron chi connectivity index (χ0n) is 8.57. The molecule has 4 nitrogen and oxygen atoms in total. The summed E-state index contributed by atoms with van der Waals surface area (Å²) in [5, 5.41) is 10.7. The molecule has 1 amide bonds. The lowest BCUT2D eigenvalue weighted by Crippen LogP contribution is -2.23. The Bertz CT molecular complexity index is 326. The Kier molecular flexibility index (Phi) is 4.63. The molecule has 0 fully saturated rings. The molecular weight excluding hydrogens is 192 g/mol. The van der Waals surface area contributed by atoms with Gasteiger partial charge in [0.1, 0.15) is 0 Å². The van der Waals surface area contributed by atoms with Crippen LogP contribution in [0.4, 0.5) is 4.79 Å². The SMILES string of the molecule is NCCc1cccc(CCNC(=O)O)c1. The van der Waals surface area contributed by atoms with Crippen molar-refractivity contribution in [2.45, 2.75) is 12.8 Å². The molecule has 82 valence electrons. The first-order chi connectivity index (χ1) is 7.22. The second kappa shape index (κ2) is 6.03. The van der Waals surface area contributed by atoms with Gasteiger partial charge in [0.05, 0.1) is 0 Å². The van der Waals surface area contributed by atoms with Gasteiger partial charge in [-0.05, 0) is 30.5 Å². The summed E-state index contributed by atoms with van der Waals surface area (Å²) in [7, 11) is 0. The number of rotatable bonds is 5. The van der Waals surface area contributed by atoms with E-state index in [-0.39, 0.29) is 0 Å². The predicted molar refractivity (Wildman–Crippen MR) is 58.9 cm³/mol. The Morgan fingerprint density at radius 3 is 2.60 bits per heavy atom. The number of carbonyl (C=O) groups is 1. The topological polar surface area (TPSA) is 75.3 Å². The highest BCUT2D eigenvalue weighted by atomic mass is 16.4. The lowest BCUT2D eigenvalue weighted by atomic mass is 10.1. The largest absolute Gasteiger partial charge is 0.465 e. The first kappa shape index (κ1) is 11.5. The van der Waals surface area contributed by atoms with Crippen molar-refractivity contribution in [1.29, 1.82) is 0 Å². The quantitative estimate of drug-likeness (QED) is 0.675. The van der Waals surface area contributed by atoms with Crippen molar-refractivity contribution in [1.82, 2.24) is 5.32 Å². The summed E-state index contributed by atoms with van der Waals surface area (Å²) in [6, 6.07) is 8.06. The molecule has 0 atom stereocenters. The molecule has 0 spiro atoms. The lowest BCUT2D eigenvalue weighted by molar-refractivity contribution is 0.194. The summed E-state index contributed by atoms with van der Waals surface area (Å²) < 4.78 is 0. The van der Waals surface area contributed by atoms with Crippen LogP contribution in [-0.4, -0.2) is 24.3 Å². The minimum Gasteiger partial charge on any atom is -0.465 e. The number of amides is 1. The van der Waals surface area contributed by atoms with Gasteiger partial charge in [0.25, 0.3) is 0 Å². The highest BCUT2D eigenvalue weighted by molar-refractivity contribution is 5.64. The molecule has 0 unspecified atom stereocenters. The van der Waals surface area contributed by atoms with E-state index in [1.165, 1.54) is 5.56 Å². The van der Waals surface area contributed by atoms with Gasteiger partial charge in [0.15, 0.2) is 0 Å². The van der Waals surface area contributed by atoms with Crippen molar-refractivity contribution in [3.63, 3.8) is 0 Å². The van der Waals surface area contributed by atoms with E-state index in [0.29, 0.717) is 19.5 Å². The van der Waals surface area contributed by atoms with Crippen LogP contribution in [0.15, 0.2) is 24.3 Å². The van der Waals surface area contributed by atoms with Crippen LogP contribution in [0, 0.1) is 0 Å². The Morgan fingerprint density at radius 2 is 2.00 bits per heavy atom. The van der Waals surface area contributed by atoms with Gasteiger partial charge in [-0.1, -0.05) is 24.3 Å². The van der Waals surface area contributed by atoms with Gasteiger partial charge < -0.3 is 16.2 Å². The monoisotopic (exact) mass is 208 g/mol. The molecule has 0 heterocycles. The average molecular weight is 208 g/mol. The number of benzene rings is 1. The molecule has 0 aromatic heterocycles. The zero-order chi connectivity index (χ0) is 11.1. The van der Waals surface area contributed by atoms with Crippen LogP contribution in [0.5, 0.6) is 0 Å². The maximum Gasteiger partial charge on any atom is 0.404 e. The van der Waals surface area contributed by atoms with Crippen molar-refractivity contribution >= 4 is 6.09 Å². The van der Waals surface area contributed by atoms with Crippen LogP contribution in [0.25, 0.3) is 0 Å². The van der Waals surface area contributed by atoms with Gasteiger partial charge in [-0.15, -0.1) is 0 Å². The molecule has 0 saturated carbocycles. The number of nitrogens with two attached hydrogens (primary N) is 1. The second-order valence-corrected chi connectivity index (χ2v) is 3.34. The van der Waals surface area contributed by atoms with E-state index >= 15 is 0 Å². The van der Waals surface area contributed by atoms with Crippen LogP contribution < -0.4 is 11.1 Å². The smallest absolute Gasteiger partial charge is 0.404 e. The maximum atomic E-state index is 10.2. The third-order valence-electron chi connectivity index (χ3n) is 2.11. The maximum absolute atomic E-state index is 10.2. The summed E-state index contributed by atoms with van der Waals surface area (Å²) in [6.45, 7) is 1.08. The van der Waals surface area contributed by atoms with Gasteiger partial charge in [0, 0.05) is 6.54 Å². The highest BCUT2D eigenvalue weighted by Crippen LogP contribution is 2.05. The minimum atomic E-state index is -0.979. The first-order valence-corrected chi connectivity index (χ1v) is 4.97. The molecule has 0 aliphatic heterocycles. The molecule has 1 aromatic carbocycles. The van der Waals surface area contributed by atoms with E-state index in [2.05, 4.69) is 11.4 Å².